The molecule has 2 amide bonds. The Balaban J connectivity index is 1.50. The number of ether oxygens (including phenoxy) is 1. The molecule has 0 spiro atoms. The van der Waals surface area contributed by atoms with E-state index < -0.39 is 5.54 Å². The van der Waals surface area contributed by atoms with Crippen LogP contribution in [0.15, 0.2) is 84.9 Å². The van der Waals surface area contributed by atoms with Crippen LogP contribution in [0.4, 0.5) is 0 Å². The van der Waals surface area contributed by atoms with Crippen molar-refractivity contribution in [3.05, 3.63) is 107 Å². The maximum Gasteiger partial charge on any atom is 0.273 e. The van der Waals surface area contributed by atoms with Gasteiger partial charge in [0.1, 0.15) is 17.0 Å². The number of benzene rings is 3. The highest BCUT2D eigenvalue weighted by atomic mass is 16.5. The van der Waals surface area contributed by atoms with Gasteiger partial charge in [-0.15, -0.1) is 0 Å². The smallest absolute Gasteiger partial charge is 0.273 e. The van der Waals surface area contributed by atoms with E-state index in [0.29, 0.717) is 23.7 Å². The number of methoxy groups -OCH3 is 1. The monoisotopic (exact) mass is 494 g/mol. The third kappa shape index (κ3) is 4.60. The molecule has 0 fully saturated rings. The van der Waals surface area contributed by atoms with E-state index in [-0.39, 0.29) is 24.9 Å². The molecule has 188 valence electrons. The fourth-order valence-corrected chi connectivity index (χ4v) is 4.81. The molecule has 2 heterocycles. The van der Waals surface area contributed by atoms with Crippen LogP contribution >= 0.6 is 0 Å². The molecule has 0 saturated carbocycles. The van der Waals surface area contributed by atoms with E-state index in [1.807, 2.05) is 98.8 Å². The van der Waals surface area contributed by atoms with Crippen molar-refractivity contribution >= 4 is 11.8 Å². The highest BCUT2D eigenvalue weighted by Crippen LogP contribution is 2.32. The summed E-state index contributed by atoms with van der Waals surface area (Å²) in [7, 11) is 1.61. The second-order valence-corrected chi connectivity index (χ2v) is 9.52. The van der Waals surface area contributed by atoms with E-state index in [2.05, 4.69) is 5.32 Å². The van der Waals surface area contributed by atoms with Crippen LogP contribution in [0, 0.1) is 6.92 Å². The molecule has 1 aromatic heterocycles. The highest BCUT2D eigenvalue weighted by Gasteiger charge is 2.48. The third-order valence-corrected chi connectivity index (χ3v) is 7.08. The first-order valence-corrected chi connectivity index (χ1v) is 12.3. The second-order valence-electron chi connectivity index (χ2n) is 9.52. The molecule has 3 aromatic carbocycles. The van der Waals surface area contributed by atoms with Crippen LogP contribution in [0.5, 0.6) is 5.75 Å². The van der Waals surface area contributed by atoms with Gasteiger partial charge in [0.2, 0.25) is 5.91 Å². The van der Waals surface area contributed by atoms with E-state index in [0.717, 1.165) is 22.3 Å². The predicted octanol–water partition coefficient (Wildman–Crippen LogP) is 4.60. The summed E-state index contributed by atoms with van der Waals surface area (Å²) < 4.78 is 7.11. The molecule has 1 aliphatic heterocycles. The lowest BCUT2D eigenvalue weighted by Gasteiger charge is -2.43. The van der Waals surface area contributed by atoms with Gasteiger partial charge >= 0.3 is 0 Å². The summed E-state index contributed by atoms with van der Waals surface area (Å²) in [6.07, 6.45) is 0. The number of aryl methyl sites for hydroxylation is 1. The van der Waals surface area contributed by atoms with Crippen LogP contribution in [-0.4, -0.2) is 39.1 Å². The van der Waals surface area contributed by atoms with Gasteiger partial charge in [0.15, 0.2) is 0 Å². The van der Waals surface area contributed by atoms with Crippen LogP contribution < -0.4 is 10.1 Å². The van der Waals surface area contributed by atoms with Crippen molar-refractivity contribution in [2.24, 2.45) is 0 Å². The predicted molar refractivity (Wildman–Crippen MR) is 142 cm³/mol. The minimum atomic E-state index is -1.16. The van der Waals surface area contributed by atoms with Gasteiger partial charge in [0, 0.05) is 24.2 Å². The Hall–Kier alpha value is -4.39. The Kier molecular flexibility index (Phi) is 6.53. The summed E-state index contributed by atoms with van der Waals surface area (Å²) in [5.74, 6) is 0.230. The molecule has 7 nitrogen and oxygen atoms in total. The van der Waals surface area contributed by atoms with Crippen LogP contribution in [0.1, 0.15) is 34.1 Å². The number of para-hydroxylation sites is 1. The Morgan fingerprint density at radius 2 is 1.68 bits per heavy atom. The average molecular weight is 495 g/mol. The zero-order chi connectivity index (χ0) is 26.0. The Morgan fingerprint density at radius 3 is 2.41 bits per heavy atom. The number of nitrogens with zero attached hydrogens (tertiary/aromatic N) is 3. The molecular weight excluding hydrogens is 464 g/mol. The van der Waals surface area contributed by atoms with E-state index >= 15 is 0 Å². The van der Waals surface area contributed by atoms with Gasteiger partial charge in [-0.1, -0.05) is 72.8 Å². The lowest BCUT2D eigenvalue weighted by Crippen LogP contribution is -2.63. The number of rotatable bonds is 7. The van der Waals surface area contributed by atoms with Crippen molar-refractivity contribution in [2.45, 2.75) is 39.0 Å². The molecule has 1 N–H and O–H groups in total. The molecule has 0 bridgehead atoms. The highest BCUT2D eigenvalue weighted by molar-refractivity contribution is 6.00. The minimum Gasteiger partial charge on any atom is -0.496 e. The first-order chi connectivity index (χ1) is 17.9. The maximum absolute atomic E-state index is 13.9. The molecule has 0 saturated heterocycles. The van der Waals surface area contributed by atoms with Gasteiger partial charge in [0.05, 0.1) is 19.3 Å². The number of nitrogens with one attached hydrogen (secondary N) is 1. The van der Waals surface area contributed by atoms with Crippen molar-refractivity contribution in [1.82, 2.24) is 20.0 Å². The van der Waals surface area contributed by atoms with Crippen molar-refractivity contribution < 1.29 is 14.3 Å². The Labute approximate surface area is 216 Å². The van der Waals surface area contributed by atoms with Gasteiger partial charge < -0.3 is 15.0 Å². The van der Waals surface area contributed by atoms with Gasteiger partial charge in [-0.25, -0.2) is 0 Å². The van der Waals surface area contributed by atoms with E-state index in [1.165, 1.54) is 0 Å². The zero-order valence-electron chi connectivity index (χ0n) is 21.3. The topological polar surface area (TPSA) is 76.5 Å². The fraction of sp³-hybridized carbons (Fsp3) is 0.233. The number of aromatic nitrogens is 2. The molecule has 7 heteroatoms. The first-order valence-electron chi connectivity index (χ1n) is 12.3. The molecule has 0 aliphatic carbocycles. The summed E-state index contributed by atoms with van der Waals surface area (Å²) in [6.45, 7) is 4.67. The Morgan fingerprint density at radius 1 is 1.00 bits per heavy atom. The van der Waals surface area contributed by atoms with Gasteiger partial charge in [0.25, 0.3) is 5.91 Å². The van der Waals surface area contributed by atoms with Gasteiger partial charge in [-0.3, -0.25) is 14.3 Å². The Bertz CT molecular complexity index is 1450. The van der Waals surface area contributed by atoms with Crippen molar-refractivity contribution in [3.8, 4) is 17.0 Å². The summed E-state index contributed by atoms with van der Waals surface area (Å²) in [6, 6.07) is 27.1. The lowest BCUT2D eigenvalue weighted by molar-refractivity contribution is -0.133. The molecule has 37 heavy (non-hydrogen) atoms. The number of hydrogen-bond donors (Lipinski definition) is 1. The van der Waals surface area contributed by atoms with E-state index in [4.69, 9.17) is 9.84 Å². The summed E-state index contributed by atoms with van der Waals surface area (Å²) in [5.41, 5.74) is 3.87. The minimum absolute atomic E-state index is 0.223. The van der Waals surface area contributed by atoms with Crippen LogP contribution in [0.2, 0.25) is 0 Å². The molecule has 0 radical (unpaired) electrons. The second kappa shape index (κ2) is 9.93. The summed E-state index contributed by atoms with van der Waals surface area (Å²) in [4.78, 5) is 29.4. The first kappa shape index (κ1) is 24.3. The van der Waals surface area contributed by atoms with E-state index in [1.54, 1.807) is 16.7 Å². The lowest BCUT2D eigenvalue weighted by atomic mass is 9.93. The van der Waals surface area contributed by atoms with Crippen molar-refractivity contribution in [1.29, 1.82) is 0 Å². The normalized spacial score (nSPS) is 16.8. The van der Waals surface area contributed by atoms with Crippen LogP contribution in [0.3, 0.4) is 0 Å². The molecular formula is C30H30N4O3. The molecule has 4 aromatic rings. The largest absolute Gasteiger partial charge is 0.496 e. The zero-order valence-corrected chi connectivity index (χ0v) is 21.3. The fourth-order valence-electron chi connectivity index (χ4n) is 4.81. The molecule has 1 aliphatic rings. The summed E-state index contributed by atoms with van der Waals surface area (Å²) in [5, 5.41) is 7.77. The van der Waals surface area contributed by atoms with E-state index in [9.17, 15) is 9.59 Å². The van der Waals surface area contributed by atoms with Crippen LogP contribution in [-0.2, 0) is 24.4 Å². The molecule has 0 unspecified atom stereocenters. The number of fused-ring (bicyclic) bond motifs is 1. The molecule has 5 rings (SSSR count). The number of carbonyl (C=O) groups excluding carboxylic acids is 2. The van der Waals surface area contributed by atoms with Crippen molar-refractivity contribution in [3.63, 3.8) is 0 Å². The standard InChI is InChI=1S/C30H30N4O3/c1-21-11-7-8-15-24(21)19-33-28(35)26-17-25(22-12-5-4-6-13-22)32-34(26)20-30(33,2)29(36)31-18-23-14-9-10-16-27(23)37-3/h4-17H,18-20H2,1-3H3,(H,31,36)/t30-/m0/s1. The quantitative estimate of drug-likeness (QED) is 0.408. The number of hydrogen-bond acceptors (Lipinski definition) is 4. The summed E-state index contributed by atoms with van der Waals surface area (Å²) >= 11 is 0. The van der Waals surface area contributed by atoms with Gasteiger partial charge in [-0.05, 0) is 37.1 Å². The van der Waals surface area contributed by atoms with Gasteiger partial charge in [-0.2, -0.15) is 5.10 Å². The average Bonchev–Trinajstić information content (AvgIpc) is 3.35. The van der Waals surface area contributed by atoms with Crippen molar-refractivity contribution in [2.75, 3.05) is 7.11 Å². The molecule has 1 atom stereocenters. The number of amides is 2. The third-order valence-electron chi connectivity index (χ3n) is 7.08. The maximum atomic E-state index is 13.9. The SMILES string of the molecule is COc1ccccc1CNC(=O)[C@]1(C)Cn2nc(-c3ccccc3)cc2C(=O)N1Cc1ccccc1C. The number of carbonyl (C=O) groups is 2. The van der Waals surface area contributed by atoms with Crippen LogP contribution in [0.25, 0.3) is 11.3 Å².